The van der Waals surface area contributed by atoms with Crippen LogP contribution in [0.2, 0.25) is 5.02 Å². The first-order valence-electron chi connectivity index (χ1n) is 6.27. The van der Waals surface area contributed by atoms with Crippen LogP contribution in [-0.2, 0) is 13.1 Å². The molecular formula is C14H15ClN2O3. The van der Waals surface area contributed by atoms with E-state index in [9.17, 15) is 10.1 Å². The molecule has 0 saturated carbocycles. The summed E-state index contributed by atoms with van der Waals surface area (Å²) >= 11 is 5.81. The average Bonchev–Trinajstić information content (AvgIpc) is 2.92. The molecule has 20 heavy (non-hydrogen) atoms. The van der Waals surface area contributed by atoms with Crippen molar-refractivity contribution in [2.24, 2.45) is 0 Å². The Kier molecular flexibility index (Phi) is 4.76. The Labute approximate surface area is 121 Å². The lowest BCUT2D eigenvalue weighted by Crippen LogP contribution is -2.22. The lowest BCUT2D eigenvalue weighted by Gasteiger charge is -2.19. The maximum absolute atomic E-state index is 10.9. The van der Waals surface area contributed by atoms with Crippen LogP contribution in [0.3, 0.4) is 0 Å². The second kappa shape index (κ2) is 6.54. The molecule has 1 aromatic carbocycles. The van der Waals surface area contributed by atoms with Crippen molar-refractivity contribution in [2.75, 3.05) is 6.54 Å². The van der Waals surface area contributed by atoms with Gasteiger partial charge in [-0.25, -0.2) is 0 Å². The molecule has 0 aliphatic heterocycles. The third kappa shape index (κ3) is 3.59. The van der Waals surface area contributed by atoms with Crippen LogP contribution >= 0.6 is 11.6 Å². The first kappa shape index (κ1) is 14.6. The number of halogens is 1. The molecule has 0 aliphatic rings. The van der Waals surface area contributed by atoms with Crippen molar-refractivity contribution < 1.29 is 9.34 Å². The van der Waals surface area contributed by atoms with Crippen LogP contribution in [0.5, 0.6) is 0 Å². The van der Waals surface area contributed by atoms with Crippen LogP contribution in [0, 0.1) is 10.1 Å². The Hall–Kier alpha value is -1.85. The minimum atomic E-state index is -0.464. The fraction of sp³-hybridized carbons (Fsp3) is 0.286. The molecule has 0 spiro atoms. The zero-order valence-electron chi connectivity index (χ0n) is 11.1. The Morgan fingerprint density at radius 3 is 2.75 bits per heavy atom. The van der Waals surface area contributed by atoms with Gasteiger partial charge in [0.2, 0.25) is 0 Å². The molecule has 0 radical (unpaired) electrons. The van der Waals surface area contributed by atoms with Crippen LogP contribution < -0.4 is 0 Å². The van der Waals surface area contributed by atoms with E-state index in [2.05, 4.69) is 4.90 Å². The van der Waals surface area contributed by atoms with Gasteiger partial charge >= 0.3 is 0 Å². The number of nitro groups is 1. The third-order valence-electron chi connectivity index (χ3n) is 3.02. The van der Waals surface area contributed by atoms with Crippen molar-refractivity contribution in [1.82, 2.24) is 4.90 Å². The van der Waals surface area contributed by atoms with Crippen molar-refractivity contribution in [3.05, 3.63) is 63.1 Å². The molecule has 0 saturated heterocycles. The van der Waals surface area contributed by atoms with Crippen LogP contribution in [0.15, 0.2) is 41.0 Å². The third-order valence-corrected chi connectivity index (χ3v) is 3.34. The van der Waals surface area contributed by atoms with Gasteiger partial charge in [0, 0.05) is 12.6 Å². The summed E-state index contributed by atoms with van der Waals surface area (Å²) in [4.78, 5) is 12.5. The fourth-order valence-corrected chi connectivity index (χ4v) is 2.14. The van der Waals surface area contributed by atoms with Gasteiger partial charge in [-0.05, 0) is 30.3 Å². The van der Waals surface area contributed by atoms with Gasteiger partial charge in [-0.2, -0.15) is 0 Å². The molecule has 2 rings (SSSR count). The van der Waals surface area contributed by atoms with E-state index in [-0.39, 0.29) is 10.7 Å². The monoisotopic (exact) mass is 294 g/mol. The lowest BCUT2D eigenvalue weighted by molar-refractivity contribution is -0.384. The van der Waals surface area contributed by atoms with Gasteiger partial charge in [-0.3, -0.25) is 15.0 Å². The summed E-state index contributed by atoms with van der Waals surface area (Å²) in [6, 6.07) is 8.65. The highest BCUT2D eigenvalue weighted by molar-refractivity contribution is 6.32. The number of benzene rings is 1. The second-order valence-corrected chi connectivity index (χ2v) is 4.83. The van der Waals surface area contributed by atoms with Crippen molar-refractivity contribution in [3.63, 3.8) is 0 Å². The molecule has 0 fully saturated rings. The summed E-state index contributed by atoms with van der Waals surface area (Å²) in [5.41, 5.74) is 0.799. The molecule has 1 aromatic heterocycles. The van der Waals surface area contributed by atoms with E-state index in [1.54, 1.807) is 18.4 Å². The molecule has 0 bridgehead atoms. The summed E-state index contributed by atoms with van der Waals surface area (Å²) in [6.45, 7) is 4.12. The van der Waals surface area contributed by atoms with Gasteiger partial charge in [-0.1, -0.05) is 24.6 Å². The minimum absolute atomic E-state index is 0.0572. The summed E-state index contributed by atoms with van der Waals surface area (Å²) in [5.74, 6) is 0.871. The summed E-state index contributed by atoms with van der Waals surface area (Å²) in [5, 5.41) is 11.0. The molecule has 0 aliphatic carbocycles. The Balaban J connectivity index is 2.11. The van der Waals surface area contributed by atoms with E-state index < -0.39 is 4.92 Å². The largest absolute Gasteiger partial charge is 0.468 e. The topological polar surface area (TPSA) is 59.5 Å². The Morgan fingerprint density at radius 2 is 2.15 bits per heavy atom. The number of nitro benzene ring substituents is 1. The molecule has 0 unspecified atom stereocenters. The zero-order valence-corrected chi connectivity index (χ0v) is 11.8. The van der Waals surface area contributed by atoms with Crippen LogP contribution in [0.1, 0.15) is 18.2 Å². The number of nitrogens with zero attached hydrogens (tertiary/aromatic N) is 2. The molecule has 2 aromatic rings. The highest BCUT2D eigenvalue weighted by atomic mass is 35.5. The summed E-state index contributed by atoms with van der Waals surface area (Å²) < 4.78 is 5.31. The fourth-order valence-electron chi connectivity index (χ4n) is 1.96. The summed E-state index contributed by atoms with van der Waals surface area (Å²) in [7, 11) is 0. The van der Waals surface area contributed by atoms with Gasteiger partial charge in [0.25, 0.3) is 5.69 Å². The average molecular weight is 295 g/mol. The van der Waals surface area contributed by atoms with E-state index in [1.807, 2.05) is 19.1 Å². The van der Waals surface area contributed by atoms with E-state index in [0.717, 1.165) is 17.9 Å². The van der Waals surface area contributed by atoms with Gasteiger partial charge < -0.3 is 4.42 Å². The van der Waals surface area contributed by atoms with E-state index in [4.69, 9.17) is 16.0 Å². The summed E-state index contributed by atoms with van der Waals surface area (Å²) in [6.07, 6.45) is 1.64. The number of rotatable bonds is 6. The van der Waals surface area contributed by atoms with E-state index >= 15 is 0 Å². The molecule has 106 valence electrons. The smallest absolute Gasteiger partial charge is 0.288 e. The molecule has 1 heterocycles. The van der Waals surface area contributed by atoms with Gasteiger partial charge in [0.1, 0.15) is 10.8 Å². The second-order valence-electron chi connectivity index (χ2n) is 4.43. The Bertz CT molecular complexity index is 584. The number of furan rings is 1. The highest BCUT2D eigenvalue weighted by Gasteiger charge is 2.14. The maximum atomic E-state index is 10.9. The quantitative estimate of drug-likeness (QED) is 0.599. The van der Waals surface area contributed by atoms with Crippen molar-refractivity contribution in [2.45, 2.75) is 20.0 Å². The van der Waals surface area contributed by atoms with Crippen LogP contribution in [0.4, 0.5) is 5.69 Å². The maximum Gasteiger partial charge on any atom is 0.288 e. The zero-order chi connectivity index (χ0) is 14.5. The predicted molar refractivity (Wildman–Crippen MR) is 76.6 cm³/mol. The molecule has 0 amide bonds. The first-order chi connectivity index (χ1) is 9.60. The normalized spacial score (nSPS) is 10.9. The van der Waals surface area contributed by atoms with Gasteiger partial charge in [0.05, 0.1) is 17.7 Å². The van der Waals surface area contributed by atoms with Crippen molar-refractivity contribution >= 4 is 17.3 Å². The van der Waals surface area contributed by atoms with Gasteiger partial charge in [0.15, 0.2) is 0 Å². The van der Waals surface area contributed by atoms with Crippen molar-refractivity contribution in [3.8, 4) is 0 Å². The molecule has 5 nitrogen and oxygen atoms in total. The number of hydrogen-bond acceptors (Lipinski definition) is 4. The van der Waals surface area contributed by atoms with Crippen LogP contribution in [-0.4, -0.2) is 16.4 Å². The van der Waals surface area contributed by atoms with E-state index in [0.29, 0.717) is 13.1 Å². The Morgan fingerprint density at radius 1 is 1.35 bits per heavy atom. The standard InChI is InChI=1S/C14H15ClN2O3/c1-2-16(10-12-4-3-7-20-12)9-11-5-6-13(15)14(8-11)17(18)19/h3-8H,2,9-10H2,1H3. The molecule has 0 N–H and O–H groups in total. The SMILES string of the molecule is CCN(Cc1ccc(Cl)c([N+](=O)[O-])c1)Cc1ccco1. The predicted octanol–water partition coefficient (Wildman–Crippen LogP) is 3.86. The van der Waals surface area contributed by atoms with Gasteiger partial charge in [-0.15, -0.1) is 0 Å². The lowest BCUT2D eigenvalue weighted by atomic mass is 10.2. The molecule has 0 atom stereocenters. The highest BCUT2D eigenvalue weighted by Crippen LogP contribution is 2.25. The first-order valence-corrected chi connectivity index (χ1v) is 6.65. The molecular weight excluding hydrogens is 280 g/mol. The minimum Gasteiger partial charge on any atom is -0.468 e. The number of hydrogen-bond donors (Lipinski definition) is 0. The van der Waals surface area contributed by atoms with E-state index in [1.165, 1.54) is 6.07 Å². The van der Waals surface area contributed by atoms with Crippen molar-refractivity contribution in [1.29, 1.82) is 0 Å². The molecule has 6 heteroatoms. The van der Waals surface area contributed by atoms with Crippen LogP contribution in [0.25, 0.3) is 0 Å².